The second kappa shape index (κ2) is 8.39. The van der Waals surface area contributed by atoms with Crippen molar-refractivity contribution in [3.8, 4) is 5.75 Å². The molecule has 5 nitrogen and oxygen atoms in total. The van der Waals surface area contributed by atoms with Crippen molar-refractivity contribution in [3.05, 3.63) is 59.4 Å². The summed E-state index contributed by atoms with van der Waals surface area (Å²) in [5.41, 5.74) is 1.96. The molecule has 0 spiro atoms. The van der Waals surface area contributed by atoms with Gasteiger partial charge in [0.2, 0.25) is 5.91 Å². The molecule has 0 aliphatic heterocycles. The first kappa shape index (κ1) is 18.6. The maximum atomic E-state index is 12.9. The summed E-state index contributed by atoms with van der Waals surface area (Å²) in [6.45, 7) is 2.09. The number of rotatable bonds is 7. The molecule has 0 aromatic heterocycles. The Hall–Kier alpha value is -2.73. The van der Waals surface area contributed by atoms with Crippen LogP contribution in [0.1, 0.15) is 22.8 Å². The SMILES string of the molecule is COc1ccc(C(C)=O)cc1CN(C)CC(=O)Nc1ccc(F)cc1. The minimum atomic E-state index is -0.354. The maximum Gasteiger partial charge on any atom is 0.238 e. The highest BCUT2D eigenvalue weighted by molar-refractivity contribution is 5.94. The zero-order valence-corrected chi connectivity index (χ0v) is 14.5. The Labute approximate surface area is 146 Å². The lowest BCUT2D eigenvalue weighted by Crippen LogP contribution is -2.30. The number of ketones is 1. The number of hydrogen-bond donors (Lipinski definition) is 1. The van der Waals surface area contributed by atoms with Crippen LogP contribution in [-0.4, -0.2) is 37.3 Å². The number of ether oxygens (including phenoxy) is 1. The number of likely N-dealkylation sites (N-methyl/N-ethyl adjacent to an activating group) is 1. The Morgan fingerprint density at radius 2 is 1.84 bits per heavy atom. The Kier molecular flexibility index (Phi) is 6.25. The minimum absolute atomic E-state index is 0.0272. The van der Waals surface area contributed by atoms with Gasteiger partial charge in [0.15, 0.2) is 5.78 Å². The van der Waals surface area contributed by atoms with Crippen molar-refractivity contribution in [2.75, 3.05) is 26.0 Å². The molecule has 0 saturated carbocycles. The van der Waals surface area contributed by atoms with Gasteiger partial charge in [0.05, 0.1) is 13.7 Å². The molecule has 25 heavy (non-hydrogen) atoms. The molecule has 1 amide bonds. The molecule has 0 saturated heterocycles. The van der Waals surface area contributed by atoms with Gasteiger partial charge in [-0.25, -0.2) is 4.39 Å². The zero-order chi connectivity index (χ0) is 18.4. The predicted octanol–water partition coefficient (Wildman–Crippen LogP) is 3.11. The Balaban J connectivity index is 2.00. The van der Waals surface area contributed by atoms with Gasteiger partial charge in [-0.1, -0.05) is 0 Å². The number of methoxy groups -OCH3 is 1. The van der Waals surface area contributed by atoms with Crippen molar-refractivity contribution in [2.24, 2.45) is 0 Å². The van der Waals surface area contributed by atoms with Gasteiger partial charge in [0.1, 0.15) is 11.6 Å². The molecule has 132 valence electrons. The van der Waals surface area contributed by atoms with Crippen LogP contribution in [0.15, 0.2) is 42.5 Å². The molecule has 6 heteroatoms. The van der Waals surface area contributed by atoms with Crippen molar-refractivity contribution in [1.82, 2.24) is 4.90 Å². The summed E-state index contributed by atoms with van der Waals surface area (Å²) in [7, 11) is 3.36. The average Bonchev–Trinajstić information content (AvgIpc) is 2.56. The maximum absolute atomic E-state index is 12.9. The molecule has 0 aliphatic carbocycles. The van der Waals surface area contributed by atoms with Crippen LogP contribution in [0.2, 0.25) is 0 Å². The first-order valence-electron chi connectivity index (χ1n) is 7.81. The second-order valence-electron chi connectivity index (χ2n) is 5.81. The molecule has 2 aromatic carbocycles. The third-order valence-electron chi connectivity index (χ3n) is 3.67. The van der Waals surface area contributed by atoms with Gasteiger partial charge in [0.25, 0.3) is 0 Å². The molecule has 0 bridgehead atoms. The number of hydrogen-bond acceptors (Lipinski definition) is 4. The zero-order valence-electron chi connectivity index (χ0n) is 14.5. The van der Waals surface area contributed by atoms with Crippen LogP contribution in [0.4, 0.5) is 10.1 Å². The van der Waals surface area contributed by atoms with E-state index in [9.17, 15) is 14.0 Å². The molecule has 0 atom stereocenters. The molecule has 2 aromatic rings. The van der Waals surface area contributed by atoms with Gasteiger partial charge in [-0.2, -0.15) is 0 Å². The number of halogens is 1. The molecular formula is C19H21FN2O3. The summed E-state index contributed by atoms with van der Waals surface area (Å²) in [6.07, 6.45) is 0. The third kappa shape index (κ3) is 5.39. The number of benzene rings is 2. The van der Waals surface area contributed by atoms with Crippen molar-refractivity contribution < 1.29 is 18.7 Å². The first-order chi connectivity index (χ1) is 11.9. The van der Waals surface area contributed by atoms with E-state index >= 15 is 0 Å². The van der Waals surface area contributed by atoms with E-state index in [4.69, 9.17) is 4.74 Å². The van der Waals surface area contributed by atoms with Crippen LogP contribution in [-0.2, 0) is 11.3 Å². The quantitative estimate of drug-likeness (QED) is 0.784. The molecular weight excluding hydrogens is 323 g/mol. The predicted molar refractivity (Wildman–Crippen MR) is 94.4 cm³/mol. The lowest BCUT2D eigenvalue weighted by molar-refractivity contribution is -0.117. The number of carbonyl (C=O) groups is 2. The van der Waals surface area contributed by atoms with E-state index in [1.807, 2.05) is 0 Å². The average molecular weight is 344 g/mol. The number of nitrogens with one attached hydrogen (secondary N) is 1. The molecule has 1 N–H and O–H groups in total. The van der Waals surface area contributed by atoms with Crippen LogP contribution in [0, 0.1) is 5.82 Å². The second-order valence-corrected chi connectivity index (χ2v) is 5.81. The molecule has 2 rings (SSSR count). The summed E-state index contributed by atoms with van der Waals surface area (Å²) in [5.74, 6) is 0.0692. The highest BCUT2D eigenvalue weighted by atomic mass is 19.1. The number of nitrogens with zero attached hydrogens (tertiary/aromatic N) is 1. The van der Waals surface area contributed by atoms with Gasteiger partial charge in [-0.05, 0) is 56.4 Å². The lowest BCUT2D eigenvalue weighted by Gasteiger charge is -2.18. The lowest BCUT2D eigenvalue weighted by atomic mass is 10.1. The fraction of sp³-hybridized carbons (Fsp3) is 0.263. The van der Waals surface area contributed by atoms with E-state index in [2.05, 4.69) is 5.32 Å². The van der Waals surface area contributed by atoms with Gasteiger partial charge < -0.3 is 10.1 Å². The number of carbonyl (C=O) groups excluding carboxylic acids is 2. The Bertz CT molecular complexity index is 760. The molecule has 0 heterocycles. The smallest absolute Gasteiger partial charge is 0.238 e. The number of anilines is 1. The molecule has 0 fully saturated rings. The van der Waals surface area contributed by atoms with E-state index in [0.29, 0.717) is 23.5 Å². The first-order valence-corrected chi connectivity index (χ1v) is 7.81. The number of Topliss-reactive ketones (excluding diaryl/α,β-unsaturated/α-hetero) is 1. The molecule has 0 radical (unpaired) electrons. The van der Waals surface area contributed by atoms with Crippen LogP contribution in [0.25, 0.3) is 0 Å². The molecule has 0 aliphatic rings. The van der Waals surface area contributed by atoms with Gasteiger partial charge in [0, 0.05) is 23.4 Å². The van der Waals surface area contributed by atoms with Crippen LogP contribution in [0.5, 0.6) is 5.75 Å². The topological polar surface area (TPSA) is 58.6 Å². The third-order valence-corrected chi connectivity index (χ3v) is 3.67. The standard InChI is InChI=1S/C19H21FN2O3/c1-13(23)14-4-9-18(25-3)15(10-14)11-22(2)12-19(24)21-17-7-5-16(20)6-8-17/h4-10H,11-12H2,1-3H3,(H,21,24). The molecule has 0 unspecified atom stereocenters. The van der Waals surface area contributed by atoms with E-state index in [0.717, 1.165) is 5.56 Å². The van der Waals surface area contributed by atoms with Crippen molar-refractivity contribution in [2.45, 2.75) is 13.5 Å². The Morgan fingerprint density at radius 3 is 2.44 bits per heavy atom. The summed E-state index contributed by atoms with van der Waals surface area (Å²) >= 11 is 0. The van der Waals surface area contributed by atoms with Gasteiger partial charge in [-0.3, -0.25) is 14.5 Å². The summed E-state index contributed by atoms with van der Waals surface area (Å²) in [4.78, 5) is 25.4. The largest absolute Gasteiger partial charge is 0.496 e. The van der Waals surface area contributed by atoms with Crippen molar-refractivity contribution in [1.29, 1.82) is 0 Å². The van der Waals surface area contributed by atoms with Crippen LogP contribution < -0.4 is 10.1 Å². The summed E-state index contributed by atoms with van der Waals surface area (Å²) in [5, 5.41) is 2.71. The monoisotopic (exact) mass is 344 g/mol. The highest BCUT2D eigenvalue weighted by Gasteiger charge is 2.12. The fourth-order valence-corrected chi connectivity index (χ4v) is 2.45. The van der Waals surface area contributed by atoms with Crippen LogP contribution in [0.3, 0.4) is 0 Å². The van der Waals surface area contributed by atoms with Gasteiger partial charge >= 0.3 is 0 Å². The van der Waals surface area contributed by atoms with E-state index in [1.54, 1.807) is 37.3 Å². The van der Waals surface area contributed by atoms with E-state index in [-0.39, 0.29) is 24.1 Å². The van der Waals surface area contributed by atoms with Crippen LogP contribution >= 0.6 is 0 Å². The summed E-state index contributed by atoms with van der Waals surface area (Å²) < 4.78 is 18.2. The van der Waals surface area contributed by atoms with E-state index in [1.165, 1.54) is 31.2 Å². The summed E-state index contributed by atoms with van der Waals surface area (Å²) in [6, 6.07) is 10.8. The normalized spacial score (nSPS) is 10.6. The van der Waals surface area contributed by atoms with E-state index < -0.39 is 0 Å². The minimum Gasteiger partial charge on any atom is -0.496 e. The van der Waals surface area contributed by atoms with Gasteiger partial charge in [-0.15, -0.1) is 0 Å². The highest BCUT2D eigenvalue weighted by Crippen LogP contribution is 2.21. The number of amides is 1. The Morgan fingerprint density at radius 1 is 1.16 bits per heavy atom. The van der Waals surface area contributed by atoms with Crippen molar-refractivity contribution >= 4 is 17.4 Å². The van der Waals surface area contributed by atoms with Crippen molar-refractivity contribution in [3.63, 3.8) is 0 Å². The fourth-order valence-electron chi connectivity index (χ4n) is 2.45.